The average Bonchev–Trinajstić information content (AvgIpc) is 2.68. The van der Waals surface area contributed by atoms with Crippen molar-refractivity contribution in [2.75, 3.05) is 18.0 Å². The predicted octanol–water partition coefficient (Wildman–Crippen LogP) is 2.16. The molecule has 0 bridgehead atoms. The van der Waals surface area contributed by atoms with Crippen molar-refractivity contribution in [1.29, 1.82) is 0 Å². The molecular formula is C11H16N2Se. The summed E-state index contributed by atoms with van der Waals surface area (Å²) < 4.78 is 1.34. The minimum absolute atomic E-state index is 0.478. The summed E-state index contributed by atoms with van der Waals surface area (Å²) in [5.41, 5.74) is 1.16. The molecule has 1 fully saturated rings. The summed E-state index contributed by atoms with van der Waals surface area (Å²) in [6.45, 7) is 4.48. The van der Waals surface area contributed by atoms with Gasteiger partial charge in [-0.15, -0.1) is 0 Å². The monoisotopic (exact) mass is 256 g/mol. The Morgan fingerprint density at radius 3 is 2.86 bits per heavy atom. The minimum atomic E-state index is 0.478. The van der Waals surface area contributed by atoms with Crippen molar-refractivity contribution < 1.29 is 0 Å². The Labute approximate surface area is 91.4 Å². The van der Waals surface area contributed by atoms with E-state index in [1.165, 1.54) is 37.0 Å². The molecule has 1 aliphatic heterocycles. The van der Waals surface area contributed by atoms with Gasteiger partial charge in [0, 0.05) is 0 Å². The molecule has 0 N–H and O–H groups in total. The van der Waals surface area contributed by atoms with Gasteiger partial charge in [0.15, 0.2) is 0 Å². The number of hydrogen-bond acceptors (Lipinski definition) is 2. The Morgan fingerprint density at radius 1 is 1.36 bits per heavy atom. The van der Waals surface area contributed by atoms with Gasteiger partial charge in [-0.3, -0.25) is 0 Å². The van der Waals surface area contributed by atoms with Gasteiger partial charge in [0.05, 0.1) is 0 Å². The van der Waals surface area contributed by atoms with Crippen molar-refractivity contribution in [3.05, 3.63) is 16.7 Å². The zero-order valence-electron chi connectivity index (χ0n) is 8.57. The van der Waals surface area contributed by atoms with Crippen molar-refractivity contribution in [3.8, 4) is 0 Å². The van der Waals surface area contributed by atoms with Gasteiger partial charge < -0.3 is 0 Å². The first kappa shape index (κ1) is 10.0. The fourth-order valence-corrected chi connectivity index (χ4v) is 3.53. The molecule has 1 aliphatic rings. The SMILES string of the molecule is C/C=C/c1c[se]c(N2CCCCC2)n1. The molecule has 2 nitrogen and oxygen atoms in total. The van der Waals surface area contributed by atoms with E-state index in [2.05, 4.69) is 27.0 Å². The number of nitrogens with zero attached hydrogens (tertiary/aromatic N) is 2. The Morgan fingerprint density at radius 2 is 2.14 bits per heavy atom. The Kier molecular flexibility index (Phi) is 3.44. The molecule has 0 aromatic carbocycles. The van der Waals surface area contributed by atoms with Gasteiger partial charge in [-0.1, -0.05) is 0 Å². The molecule has 0 spiro atoms. The van der Waals surface area contributed by atoms with Crippen LogP contribution in [-0.2, 0) is 0 Å². The van der Waals surface area contributed by atoms with Crippen LogP contribution in [0.4, 0.5) is 4.69 Å². The number of hydrogen-bond donors (Lipinski definition) is 0. The average molecular weight is 255 g/mol. The molecule has 0 aliphatic carbocycles. The molecule has 2 heterocycles. The summed E-state index contributed by atoms with van der Waals surface area (Å²) in [7, 11) is 0. The van der Waals surface area contributed by atoms with Gasteiger partial charge >= 0.3 is 91.1 Å². The van der Waals surface area contributed by atoms with Crippen molar-refractivity contribution in [3.63, 3.8) is 0 Å². The third-order valence-corrected chi connectivity index (χ3v) is 4.40. The van der Waals surface area contributed by atoms with Gasteiger partial charge in [-0.25, -0.2) is 0 Å². The van der Waals surface area contributed by atoms with Gasteiger partial charge in [-0.05, 0) is 0 Å². The van der Waals surface area contributed by atoms with Gasteiger partial charge in [0.2, 0.25) is 0 Å². The van der Waals surface area contributed by atoms with Crippen LogP contribution < -0.4 is 4.90 Å². The predicted molar refractivity (Wildman–Crippen MR) is 61.9 cm³/mol. The maximum absolute atomic E-state index is 4.65. The van der Waals surface area contributed by atoms with Crippen LogP contribution in [-0.4, -0.2) is 32.6 Å². The van der Waals surface area contributed by atoms with Crippen LogP contribution in [0.2, 0.25) is 0 Å². The zero-order valence-corrected chi connectivity index (χ0v) is 10.3. The number of rotatable bonds is 2. The van der Waals surface area contributed by atoms with Crippen molar-refractivity contribution in [2.24, 2.45) is 0 Å². The number of aromatic nitrogens is 1. The van der Waals surface area contributed by atoms with Crippen LogP contribution >= 0.6 is 0 Å². The molecule has 0 saturated carbocycles. The summed E-state index contributed by atoms with van der Waals surface area (Å²) in [5, 5.41) is 0. The molecule has 14 heavy (non-hydrogen) atoms. The first-order valence-electron chi connectivity index (χ1n) is 5.23. The van der Waals surface area contributed by atoms with Gasteiger partial charge in [0.1, 0.15) is 0 Å². The molecule has 0 radical (unpaired) electrons. The molecule has 0 amide bonds. The Balaban J connectivity index is 2.07. The van der Waals surface area contributed by atoms with Gasteiger partial charge in [-0.2, -0.15) is 0 Å². The van der Waals surface area contributed by atoms with Crippen LogP contribution in [0.15, 0.2) is 11.0 Å². The molecule has 2 rings (SSSR count). The van der Waals surface area contributed by atoms with E-state index >= 15 is 0 Å². The summed E-state index contributed by atoms with van der Waals surface area (Å²) in [6.07, 6.45) is 8.23. The topological polar surface area (TPSA) is 16.1 Å². The standard InChI is InChI=1S/C11H16N2Se/c1-2-6-10-9-14-11(12-10)13-7-4-3-5-8-13/h2,6,9H,3-5,7-8H2,1H3/b6-2+. The fraction of sp³-hybridized carbons (Fsp3) is 0.545. The molecule has 1 aromatic rings. The molecule has 76 valence electrons. The zero-order chi connectivity index (χ0) is 9.80. The van der Waals surface area contributed by atoms with Crippen LogP contribution in [0.5, 0.6) is 0 Å². The fourth-order valence-electron chi connectivity index (χ4n) is 1.75. The number of allylic oxidation sites excluding steroid dienone is 1. The summed E-state index contributed by atoms with van der Waals surface area (Å²) in [4.78, 5) is 9.39. The molecule has 1 aromatic heterocycles. The van der Waals surface area contributed by atoms with E-state index in [0.717, 1.165) is 5.69 Å². The van der Waals surface area contributed by atoms with Crippen molar-refractivity contribution in [1.82, 2.24) is 4.98 Å². The van der Waals surface area contributed by atoms with Gasteiger partial charge in [0.25, 0.3) is 0 Å². The third-order valence-electron chi connectivity index (χ3n) is 2.47. The van der Waals surface area contributed by atoms with E-state index in [-0.39, 0.29) is 0 Å². The van der Waals surface area contributed by atoms with E-state index in [0.29, 0.717) is 14.5 Å². The molecular weight excluding hydrogens is 239 g/mol. The molecule has 0 atom stereocenters. The van der Waals surface area contributed by atoms with Crippen LogP contribution in [0.3, 0.4) is 0 Å². The van der Waals surface area contributed by atoms with E-state index in [4.69, 9.17) is 0 Å². The summed E-state index contributed by atoms with van der Waals surface area (Å²) in [6, 6.07) is 0. The maximum atomic E-state index is 4.65. The van der Waals surface area contributed by atoms with Crippen LogP contribution in [0.25, 0.3) is 6.08 Å². The second kappa shape index (κ2) is 4.81. The van der Waals surface area contributed by atoms with E-state index in [9.17, 15) is 0 Å². The van der Waals surface area contributed by atoms with Crippen LogP contribution in [0.1, 0.15) is 31.9 Å². The normalized spacial score (nSPS) is 17.9. The van der Waals surface area contributed by atoms with E-state index in [1.807, 2.05) is 6.92 Å². The Hall–Kier alpha value is -0.531. The number of anilines is 1. The molecule has 0 unspecified atom stereocenters. The first-order chi connectivity index (χ1) is 6.90. The van der Waals surface area contributed by atoms with E-state index < -0.39 is 0 Å². The second-order valence-electron chi connectivity index (χ2n) is 3.60. The molecule has 3 heteroatoms. The van der Waals surface area contributed by atoms with Crippen molar-refractivity contribution in [2.45, 2.75) is 26.2 Å². The molecule has 1 saturated heterocycles. The first-order valence-corrected chi connectivity index (χ1v) is 7.08. The Bertz CT molecular complexity index is 311. The third kappa shape index (κ3) is 2.28. The summed E-state index contributed by atoms with van der Waals surface area (Å²) in [5.74, 6) is 0. The number of piperidine rings is 1. The summed E-state index contributed by atoms with van der Waals surface area (Å²) >= 11 is 0.478. The second-order valence-corrected chi connectivity index (χ2v) is 5.36. The van der Waals surface area contributed by atoms with E-state index in [1.54, 1.807) is 0 Å². The van der Waals surface area contributed by atoms with Crippen molar-refractivity contribution >= 4 is 25.3 Å². The quantitative estimate of drug-likeness (QED) is 0.753. The van der Waals surface area contributed by atoms with Crippen LogP contribution in [0, 0.1) is 0 Å².